The Balaban J connectivity index is 1.53. The number of epoxide rings is 1. The largest absolute Gasteiger partial charge is 0.394 e. The third-order valence-electron chi connectivity index (χ3n) is 6.01. The fraction of sp³-hybridized carbons (Fsp3) is 0.826. The van der Waals surface area contributed by atoms with Crippen LogP contribution in [0.4, 0.5) is 0 Å². The van der Waals surface area contributed by atoms with E-state index in [4.69, 9.17) is 4.74 Å². The van der Waals surface area contributed by atoms with E-state index in [0.717, 1.165) is 19.3 Å². The van der Waals surface area contributed by atoms with E-state index >= 15 is 0 Å². The van der Waals surface area contributed by atoms with Gasteiger partial charge in [-0.25, -0.2) is 0 Å². The Bertz CT molecular complexity index is 549. The molecule has 0 aromatic heterocycles. The highest BCUT2D eigenvalue weighted by Gasteiger charge is 2.59. The lowest BCUT2D eigenvalue weighted by Crippen LogP contribution is -2.52. The van der Waals surface area contributed by atoms with Crippen molar-refractivity contribution in [3.63, 3.8) is 0 Å². The van der Waals surface area contributed by atoms with Gasteiger partial charge in [-0.2, -0.15) is 0 Å². The molecule has 1 fully saturated rings. The molecule has 166 valence electrons. The quantitative estimate of drug-likeness (QED) is 0.269. The van der Waals surface area contributed by atoms with Crippen molar-refractivity contribution in [2.45, 2.75) is 114 Å². The zero-order chi connectivity index (χ0) is 21.1. The van der Waals surface area contributed by atoms with Gasteiger partial charge in [-0.1, -0.05) is 71.1 Å². The van der Waals surface area contributed by atoms with Gasteiger partial charge in [-0.15, -0.1) is 0 Å². The van der Waals surface area contributed by atoms with Crippen LogP contribution < -0.4 is 5.32 Å². The van der Waals surface area contributed by atoms with Crippen LogP contribution in [-0.4, -0.2) is 52.4 Å². The van der Waals surface area contributed by atoms with Gasteiger partial charge in [-0.05, 0) is 18.6 Å². The predicted octanol–water partition coefficient (Wildman–Crippen LogP) is 3.19. The average molecular weight is 410 g/mol. The van der Waals surface area contributed by atoms with Crippen LogP contribution in [0.5, 0.6) is 0 Å². The first-order valence-corrected chi connectivity index (χ1v) is 11.5. The van der Waals surface area contributed by atoms with Crippen LogP contribution in [0.25, 0.3) is 0 Å². The number of hydrogen-bond acceptors (Lipinski definition) is 5. The van der Waals surface area contributed by atoms with Gasteiger partial charge in [0.2, 0.25) is 5.91 Å². The van der Waals surface area contributed by atoms with Crippen molar-refractivity contribution in [3.8, 4) is 0 Å². The molecule has 0 radical (unpaired) electrons. The molecular formula is C23H39NO5. The van der Waals surface area contributed by atoms with E-state index < -0.39 is 23.5 Å². The zero-order valence-electron chi connectivity index (χ0n) is 17.9. The van der Waals surface area contributed by atoms with Crippen LogP contribution in [0.2, 0.25) is 0 Å². The van der Waals surface area contributed by atoms with Gasteiger partial charge in [0, 0.05) is 12.8 Å². The second-order valence-corrected chi connectivity index (χ2v) is 8.61. The lowest BCUT2D eigenvalue weighted by atomic mass is 9.82. The summed E-state index contributed by atoms with van der Waals surface area (Å²) in [6.07, 6.45) is 16.0. The Hall–Kier alpha value is -1.24. The van der Waals surface area contributed by atoms with E-state index in [1.807, 2.05) is 0 Å². The number of fused-ring (bicyclic) bond motifs is 1. The number of nitrogens with one attached hydrogen (secondary N) is 1. The minimum absolute atomic E-state index is 0.0299. The smallest absolute Gasteiger partial charge is 0.220 e. The Labute approximate surface area is 175 Å². The van der Waals surface area contributed by atoms with Crippen LogP contribution in [0.15, 0.2) is 12.2 Å². The third kappa shape index (κ3) is 7.83. The molecule has 0 unspecified atom stereocenters. The first kappa shape index (κ1) is 24.0. The highest BCUT2D eigenvalue weighted by molar-refractivity contribution is 5.99. The summed E-state index contributed by atoms with van der Waals surface area (Å²) in [5.41, 5.74) is -1.66. The number of hydrogen-bond donors (Lipinski definition) is 3. The van der Waals surface area contributed by atoms with Crippen molar-refractivity contribution in [1.82, 2.24) is 5.32 Å². The molecule has 1 heterocycles. The number of amides is 1. The van der Waals surface area contributed by atoms with Gasteiger partial charge in [0.1, 0.15) is 12.2 Å². The third-order valence-corrected chi connectivity index (χ3v) is 6.01. The van der Waals surface area contributed by atoms with Crippen LogP contribution in [0.1, 0.15) is 90.4 Å². The maximum atomic E-state index is 12.2. The lowest BCUT2D eigenvalue weighted by Gasteiger charge is -2.29. The summed E-state index contributed by atoms with van der Waals surface area (Å²) < 4.78 is 5.31. The number of aliphatic hydroxyl groups is 2. The fourth-order valence-electron chi connectivity index (χ4n) is 4.12. The monoisotopic (exact) mass is 409 g/mol. The molecule has 0 saturated carbocycles. The van der Waals surface area contributed by atoms with Crippen molar-refractivity contribution < 1.29 is 24.5 Å². The number of aliphatic hydroxyl groups excluding tert-OH is 1. The van der Waals surface area contributed by atoms with Crippen molar-refractivity contribution >= 4 is 11.7 Å². The molecule has 0 aromatic rings. The molecule has 2 rings (SSSR count). The highest BCUT2D eigenvalue weighted by atomic mass is 16.6. The molecule has 1 aliphatic carbocycles. The summed E-state index contributed by atoms with van der Waals surface area (Å²) in [4.78, 5) is 24.2. The van der Waals surface area contributed by atoms with Gasteiger partial charge in [0.05, 0.1) is 12.6 Å². The molecule has 0 spiro atoms. The van der Waals surface area contributed by atoms with E-state index in [9.17, 15) is 19.8 Å². The van der Waals surface area contributed by atoms with Crippen molar-refractivity contribution in [1.29, 1.82) is 0 Å². The van der Waals surface area contributed by atoms with Gasteiger partial charge in [-0.3, -0.25) is 9.59 Å². The molecule has 3 N–H and O–H groups in total. The standard InChI is InChI=1S/C23H39NO5/c1-2-3-4-5-6-7-8-9-10-11-12-13-21(27)24-18(17-25)16-23(28)20(26)15-14-19-22(23)29-19/h14-15,18-19,22,25,28H,2-13,16-17H2,1H3,(H,24,27)/t18-,19-,22-,23+/m0/s1. The minimum atomic E-state index is -1.66. The Kier molecular flexibility index (Phi) is 10.3. The number of rotatable bonds is 16. The Morgan fingerprint density at radius 1 is 1.10 bits per heavy atom. The zero-order valence-corrected chi connectivity index (χ0v) is 17.9. The van der Waals surface area contributed by atoms with Gasteiger partial charge >= 0.3 is 0 Å². The summed E-state index contributed by atoms with van der Waals surface area (Å²) >= 11 is 0. The Morgan fingerprint density at radius 3 is 2.28 bits per heavy atom. The molecule has 1 saturated heterocycles. The number of carbonyl (C=O) groups is 2. The molecule has 1 amide bonds. The molecule has 2 aliphatic rings. The highest BCUT2D eigenvalue weighted by Crippen LogP contribution is 2.40. The van der Waals surface area contributed by atoms with E-state index in [2.05, 4.69) is 12.2 Å². The van der Waals surface area contributed by atoms with Crippen LogP contribution in [-0.2, 0) is 14.3 Å². The van der Waals surface area contributed by atoms with E-state index in [1.54, 1.807) is 6.08 Å². The fourth-order valence-corrected chi connectivity index (χ4v) is 4.12. The van der Waals surface area contributed by atoms with Gasteiger partial charge in [0.15, 0.2) is 11.4 Å². The average Bonchev–Trinajstić information content (AvgIpc) is 3.50. The second-order valence-electron chi connectivity index (χ2n) is 8.61. The SMILES string of the molecule is CCCCCCCCCCCCCC(=O)N[C@H](CO)C[C@@]1(O)C(=O)C=C[C@@H]2O[C@@H]21. The van der Waals surface area contributed by atoms with Crippen LogP contribution in [0, 0.1) is 0 Å². The molecule has 1 aliphatic heterocycles. The first-order chi connectivity index (χ1) is 14.0. The molecule has 0 bridgehead atoms. The van der Waals surface area contributed by atoms with E-state index in [1.165, 1.54) is 57.4 Å². The van der Waals surface area contributed by atoms with E-state index in [-0.39, 0.29) is 25.0 Å². The van der Waals surface area contributed by atoms with Crippen LogP contribution >= 0.6 is 0 Å². The summed E-state index contributed by atoms with van der Waals surface area (Å²) in [6, 6.07) is -0.652. The molecular weight excluding hydrogens is 370 g/mol. The lowest BCUT2D eigenvalue weighted by molar-refractivity contribution is -0.137. The van der Waals surface area contributed by atoms with Gasteiger partial charge < -0.3 is 20.3 Å². The van der Waals surface area contributed by atoms with Crippen molar-refractivity contribution in [2.24, 2.45) is 0 Å². The number of unbranched alkanes of at least 4 members (excludes halogenated alkanes) is 10. The number of carbonyl (C=O) groups excluding carboxylic acids is 2. The molecule has 6 nitrogen and oxygen atoms in total. The normalized spacial score (nSPS) is 26.2. The van der Waals surface area contributed by atoms with Crippen LogP contribution in [0.3, 0.4) is 0 Å². The molecule has 29 heavy (non-hydrogen) atoms. The van der Waals surface area contributed by atoms with Crippen molar-refractivity contribution in [2.75, 3.05) is 6.61 Å². The summed E-state index contributed by atoms with van der Waals surface area (Å²) in [5.74, 6) is -0.565. The Morgan fingerprint density at radius 2 is 1.69 bits per heavy atom. The molecule has 4 atom stereocenters. The number of ketones is 1. The summed E-state index contributed by atoms with van der Waals surface area (Å²) in [5, 5.41) is 23.0. The van der Waals surface area contributed by atoms with Gasteiger partial charge in [0.25, 0.3) is 0 Å². The second kappa shape index (κ2) is 12.5. The minimum Gasteiger partial charge on any atom is -0.394 e. The summed E-state index contributed by atoms with van der Waals surface area (Å²) in [6.45, 7) is 1.92. The summed E-state index contributed by atoms with van der Waals surface area (Å²) in [7, 11) is 0. The predicted molar refractivity (Wildman–Crippen MR) is 112 cm³/mol. The molecule has 0 aromatic carbocycles. The number of ether oxygens (including phenoxy) is 1. The van der Waals surface area contributed by atoms with E-state index in [0.29, 0.717) is 6.42 Å². The maximum Gasteiger partial charge on any atom is 0.220 e. The maximum absolute atomic E-state index is 12.2. The topological polar surface area (TPSA) is 99.2 Å². The van der Waals surface area contributed by atoms with Crippen molar-refractivity contribution in [3.05, 3.63) is 12.2 Å². The first-order valence-electron chi connectivity index (χ1n) is 11.5. The molecule has 6 heteroatoms.